The van der Waals surface area contributed by atoms with Crippen LogP contribution in [0, 0.1) is 11.3 Å². The first kappa shape index (κ1) is 10.0. The first-order valence-corrected chi connectivity index (χ1v) is 4.72. The molecule has 1 amide bonds. The molecule has 2 N–H and O–H groups in total. The smallest absolute Gasteiger partial charge is 0.237 e. The number of nitrogens with one attached hydrogen (secondary N) is 2. The van der Waals surface area contributed by atoms with E-state index in [9.17, 15) is 4.79 Å². The van der Waals surface area contributed by atoms with Gasteiger partial charge in [0.15, 0.2) is 0 Å². The molecule has 1 fully saturated rings. The second-order valence-electron chi connectivity index (χ2n) is 3.20. The molecule has 1 rings (SSSR count). The first-order chi connectivity index (χ1) is 6.34. The molecule has 0 bridgehead atoms. The molecule has 0 radical (unpaired) electrons. The molecule has 0 aromatic carbocycles. The summed E-state index contributed by atoms with van der Waals surface area (Å²) < 4.78 is 0. The molecule has 0 saturated carbocycles. The van der Waals surface area contributed by atoms with E-state index in [0.29, 0.717) is 13.0 Å². The van der Waals surface area contributed by atoms with Gasteiger partial charge in [-0.1, -0.05) is 0 Å². The lowest BCUT2D eigenvalue weighted by atomic mass is 10.2. The van der Waals surface area contributed by atoms with Crippen molar-refractivity contribution in [3.8, 4) is 6.07 Å². The second-order valence-corrected chi connectivity index (χ2v) is 3.20. The molecule has 1 heterocycles. The topological polar surface area (TPSA) is 64.9 Å². The van der Waals surface area contributed by atoms with Gasteiger partial charge in [-0.2, -0.15) is 5.26 Å². The minimum Gasteiger partial charge on any atom is -0.355 e. The lowest BCUT2D eigenvalue weighted by molar-refractivity contribution is -0.122. The number of unbranched alkanes of at least 4 members (excludes halogenated alkanes) is 1. The van der Waals surface area contributed by atoms with Crippen molar-refractivity contribution in [1.82, 2.24) is 10.6 Å². The number of rotatable bonds is 4. The van der Waals surface area contributed by atoms with Gasteiger partial charge in [-0.05, 0) is 25.8 Å². The monoisotopic (exact) mass is 181 g/mol. The van der Waals surface area contributed by atoms with Crippen LogP contribution in [0.5, 0.6) is 0 Å². The normalized spacial score (nSPS) is 21.0. The summed E-state index contributed by atoms with van der Waals surface area (Å²) in [6.45, 7) is 1.56. The maximum atomic E-state index is 11.4. The van der Waals surface area contributed by atoms with Crippen molar-refractivity contribution in [3.63, 3.8) is 0 Å². The second kappa shape index (κ2) is 5.55. The Balaban J connectivity index is 2.07. The molecule has 72 valence electrons. The van der Waals surface area contributed by atoms with Crippen molar-refractivity contribution < 1.29 is 4.79 Å². The molecule has 0 aromatic heterocycles. The van der Waals surface area contributed by atoms with E-state index in [1.54, 1.807) is 0 Å². The molecule has 1 saturated heterocycles. The summed E-state index contributed by atoms with van der Waals surface area (Å²) in [7, 11) is 0. The Labute approximate surface area is 78.3 Å². The fraction of sp³-hybridized carbons (Fsp3) is 0.778. The lowest BCUT2D eigenvalue weighted by Gasteiger charge is -2.09. The van der Waals surface area contributed by atoms with Crippen molar-refractivity contribution >= 4 is 5.91 Å². The van der Waals surface area contributed by atoms with Gasteiger partial charge in [0, 0.05) is 13.0 Å². The minimum absolute atomic E-state index is 0.00193. The van der Waals surface area contributed by atoms with Gasteiger partial charge in [0.2, 0.25) is 5.91 Å². The van der Waals surface area contributed by atoms with E-state index in [-0.39, 0.29) is 11.9 Å². The highest BCUT2D eigenvalue weighted by molar-refractivity contribution is 5.81. The minimum atomic E-state index is 0.00193. The van der Waals surface area contributed by atoms with Crippen molar-refractivity contribution in [2.75, 3.05) is 13.1 Å². The van der Waals surface area contributed by atoms with Crippen LogP contribution in [0.25, 0.3) is 0 Å². The molecule has 0 aromatic rings. The van der Waals surface area contributed by atoms with Crippen LogP contribution >= 0.6 is 0 Å². The van der Waals surface area contributed by atoms with Crippen LogP contribution in [0.3, 0.4) is 0 Å². The van der Waals surface area contributed by atoms with E-state index in [1.807, 2.05) is 6.07 Å². The maximum Gasteiger partial charge on any atom is 0.237 e. The quantitative estimate of drug-likeness (QED) is 0.607. The third-order valence-corrected chi connectivity index (χ3v) is 2.14. The highest BCUT2D eigenvalue weighted by atomic mass is 16.2. The fourth-order valence-corrected chi connectivity index (χ4v) is 1.41. The lowest BCUT2D eigenvalue weighted by Crippen LogP contribution is -2.40. The third-order valence-electron chi connectivity index (χ3n) is 2.14. The summed E-state index contributed by atoms with van der Waals surface area (Å²) in [6, 6.07) is 2.05. The third kappa shape index (κ3) is 3.43. The fourth-order valence-electron chi connectivity index (χ4n) is 1.41. The van der Waals surface area contributed by atoms with Crippen LogP contribution in [-0.4, -0.2) is 25.0 Å². The van der Waals surface area contributed by atoms with E-state index in [1.165, 1.54) is 0 Å². The predicted octanol–water partition coefficient (Wildman–Crippen LogP) is 0.158. The Morgan fingerprint density at radius 1 is 1.69 bits per heavy atom. The van der Waals surface area contributed by atoms with E-state index in [2.05, 4.69) is 10.6 Å². The Morgan fingerprint density at radius 2 is 2.54 bits per heavy atom. The van der Waals surface area contributed by atoms with Crippen LogP contribution in [0.4, 0.5) is 0 Å². The van der Waals surface area contributed by atoms with Crippen LogP contribution < -0.4 is 10.6 Å². The van der Waals surface area contributed by atoms with Gasteiger partial charge >= 0.3 is 0 Å². The number of nitriles is 1. The summed E-state index contributed by atoms with van der Waals surface area (Å²) in [5, 5.41) is 14.2. The average molecular weight is 181 g/mol. The molecular weight excluding hydrogens is 166 g/mol. The Kier molecular flexibility index (Phi) is 4.27. The van der Waals surface area contributed by atoms with E-state index < -0.39 is 0 Å². The van der Waals surface area contributed by atoms with Crippen LogP contribution in [0.15, 0.2) is 0 Å². The number of hydrogen-bond donors (Lipinski definition) is 2. The Bertz CT molecular complexity index is 203. The SMILES string of the molecule is N#CCCCNC(=O)[C@@H]1CCCN1. The first-order valence-electron chi connectivity index (χ1n) is 4.72. The van der Waals surface area contributed by atoms with E-state index >= 15 is 0 Å². The summed E-state index contributed by atoms with van der Waals surface area (Å²) in [5.74, 6) is 0.0791. The predicted molar refractivity (Wildman–Crippen MR) is 48.9 cm³/mol. The van der Waals surface area contributed by atoms with Crippen LogP contribution in [0.2, 0.25) is 0 Å². The summed E-state index contributed by atoms with van der Waals surface area (Å²) in [5.41, 5.74) is 0. The standard InChI is InChI=1S/C9H15N3O/c10-5-1-2-6-12-9(13)8-4-3-7-11-8/h8,11H,1-4,6-7H2,(H,12,13)/t8-/m0/s1. The van der Waals surface area contributed by atoms with Gasteiger partial charge in [0.25, 0.3) is 0 Å². The Morgan fingerprint density at radius 3 is 3.15 bits per heavy atom. The summed E-state index contributed by atoms with van der Waals surface area (Å²) in [4.78, 5) is 11.4. The van der Waals surface area contributed by atoms with Gasteiger partial charge < -0.3 is 10.6 Å². The number of hydrogen-bond acceptors (Lipinski definition) is 3. The number of carbonyl (C=O) groups is 1. The summed E-state index contributed by atoms with van der Waals surface area (Å²) in [6.07, 6.45) is 3.27. The zero-order valence-electron chi connectivity index (χ0n) is 7.68. The highest BCUT2D eigenvalue weighted by Crippen LogP contribution is 2.04. The zero-order chi connectivity index (χ0) is 9.52. The average Bonchev–Trinajstić information content (AvgIpc) is 2.65. The molecule has 13 heavy (non-hydrogen) atoms. The molecule has 4 heteroatoms. The van der Waals surface area contributed by atoms with Crippen molar-refractivity contribution in [1.29, 1.82) is 5.26 Å². The van der Waals surface area contributed by atoms with E-state index in [0.717, 1.165) is 25.8 Å². The van der Waals surface area contributed by atoms with Crippen molar-refractivity contribution in [2.45, 2.75) is 31.7 Å². The molecule has 1 aliphatic heterocycles. The van der Waals surface area contributed by atoms with Gasteiger partial charge in [-0.3, -0.25) is 4.79 Å². The molecule has 1 atom stereocenters. The largest absolute Gasteiger partial charge is 0.355 e. The number of carbonyl (C=O) groups excluding carboxylic acids is 1. The van der Waals surface area contributed by atoms with Crippen LogP contribution in [0.1, 0.15) is 25.7 Å². The highest BCUT2D eigenvalue weighted by Gasteiger charge is 2.20. The van der Waals surface area contributed by atoms with Gasteiger partial charge in [0.1, 0.15) is 0 Å². The zero-order valence-corrected chi connectivity index (χ0v) is 7.68. The number of nitrogens with zero attached hydrogens (tertiary/aromatic N) is 1. The Hall–Kier alpha value is -1.08. The number of amides is 1. The van der Waals surface area contributed by atoms with Gasteiger partial charge in [-0.15, -0.1) is 0 Å². The van der Waals surface area contributed by atoms with Crippen LogP contribution in [-0.2, 0) is 4.79 Å². The van der Waals surface area contributed by atoms with E-state index in [4.69, 9.17) is 5.26 Å². The molecule has 0 spiro atoms. The van der Waals surface area contributed by atoms with Gasteiger partial charge in [0.05, 0.1) is 12.1 Å². The molecular formula is C9H15N3O. The summed E-state index contributed by atoms with van der Waals surface area (Å²) >= 11 is 0. The van der Waals surface area contributed by atoms with Gasteiger partial charge in [-0.25, -0.2) is 0 Å². The molecule has 1 aliphatic rings. The van der Waals surface area contributed by atoms with Crippen molar-refractivity contribution in [3.05, 3.63) is 0 Å². The molecule has 0 aliphatic carbocycles. The maximum absolute atomic E-state index is 11.4. The van der Waals surface area contributed by atoms with Crippen molar-refractivity contribution in [2.24, 2.45) is 0 Å². The molecule has 4 nitrogen and oxygen atoms in total. The molecule has 0 unspecified atom stereocenters.